The summed E-state index contributed by atoms with van der Waals surface area (Å²) in [6.45, 7) is 7.74. The molecule has 118 valence electrons. The summed E-state index contributed by atoms with van der Waals surface area (Å²) in [5.74, 6) is 2.08. The Labute approximate surface area is 127 Å². The standard InChI is InChI=1S/C16H28N4O/c1-5-21-11-14-18-13(17)10-15(19-14)20(4)12-6-8-16(2,3)9-7-12/h10,12H,5-9,11H2,1-4H3,(H2,17,18,19). The lowest BCUT2D eigenvalue weighted by atomic mass is 9.75. The fourth-order valence-electron chi connectivity index (χ4n) is 2.90. The number of nitrogens with two attached hydrogens (primary N) is 1. The van der Waals surface area contributed by atoms with Crippen molar-refractivity contribution in [3.05, 3.63) is 11.9 Å². The van der Waals surface area contributed by atoms with Gasteiger partial charge in [-0.1, -0.05) is 13.8 Å². The number of ether oxygens (including phenoxy) is 1. The Morgan fingerprint density at radius 3 is 2.62 bits per heavy atom. The third-order valence-corrected chi connectivity index (χ3v) is 4.43. The Balaban J connectivity index is 2.08. The van der Waals surface area contributed by atoms with E-state index in [0.717, 1.165) is 5.82 Å². The lowest BCUT2D eigenvalue weighted by molar-refractivity contribution is 0.128. The number of hydrogen-bond donors (Lipinski definition) is 1. The molecule has 0 saturated heterocycles. The van der Waals surface area contributed by atoms with Gasteiger partial charge in [-0.3, -0.25) is 0 Å². The Morgan fingerprint density at radius 2 is 2.00 bits per heavy atom. The summed E-state index contributed by atoms with van der Waals surface area (Å²) in [4.78, 5) is 11.1. The zero-order valence-corrected chi connectivity index (χ0v) is 13.7. The normalized spacial score (nSPS) is 18.7. The third kappa shape index (κ3) is 4.30. The van der Waals surface area contributed by atoms with Crippen molar-refractivity contribution in [3.63, 3.8) is 0 Å². The van der Waals surface area contributed by atoms with Gasteiger partial charge in [0, 0.05) is 25.8 Å². The second kappa shape index (κ2) is 6.60. The van der Waals surface area contributed by atoms with Crippen LogP contribution in [0.3, 0.4) is 0 Å². The third-order valence-electron chi connectivity index (χ3n) is 4.43. The fourth-order valence-corrected chi connectivity index (χ4v) is 2.90. The molecule has 5 heteroatoms. The summed E-state index contributed by atoms with van der Waals surface area (Å²) in [6.07, 6.45) is 4.92. The molecule has 0 atom stereocenters. The molecule has 1 aliphatic carbocycles. The van der Waals surface area contributed by atoms with E-state index in [1.165, 1.54) is 25.7 Å². The second-order valence-electron chi connectivity index (χ2n) is 6.71. The van der Waals surface area contributed by atoms with Crippen molar-refractivity contribution < 1.29 is 4.74 Å². The molecule has 0 spiro atoms. The lowest BCUT2D eigenvalue weighted by Gasteiger charge is -2.39. The van der Waals surface area contributed by atoms with Gasteiger partial charge in [-0.15, -0.1) is 0 Å². The van der Waals surface area contributed by atoms with E-state index in [4.69, 9.17) is 10.5 Å². The van der Waals surface area contributed by atoms with Gasteiger partial charge in [0.05, 0.1) is 0 Å². The first kappa shape index (κ1) is 16.0. The van der Waals surface area contributed by atoms with Crippen molar-refractivity contribution in [2.45, 2.75) is 59.1 Å². The van der Waals surface area contributed by atoms with Crippen LogP contribution in [0.5, 0.6) is 0 Å². The molecular formula is C16H28N4O. The lowest BCUT2D eigenvalue weighted by Crippen LogP contribution is -2.37. The summed E-state index contributed by atoms with van der Waals surface area (Å²) in [5.41, 5.74) is 6.38. The molecule has 1 aromatic heterocycles. The van der Waals surface area contributed by atoms with Crippen LogP contribution < -0.4 is 10.6 Å². The Hall–Kier alpha value is -1.36. The van der Waals surface area contributed by atoms with Crippen molar-refractivity contribution in [2.75, 3.05) is 24.3 Å². The Morgan fingerprint density at radius 1 is 1.33 bits per heavy atom. The van der Waals surface area contributed by atoms with Crippen LogP contribution in [0, 0.1) is 5.41 Å². The van der Waals surface area contributed by atoms with E-state index in [2.05, 4.69) is 35.8 Å². The minimum absolute atomic E-state index is 0.417. The highest BCUT2D eigenvalue weighted by molar-refractivity contribution is 5.47. The zero-order valence-electron chi connectivity index (χ0n) is 13.7. The van der Waals surface area contributed by atoms with E-state index in [1.54, 1.807) is 0 Å². The summed E-state index contributed by atoms with van der Waals surface area (Å²) < 4.78 is 5.38. The summed E-state index contributed by atoms with van der Waals surface area (Å²) >= 11 is 0. The SMILES string of the molecule is CCOCc1nc(N)cc(N(C)C2CCC(C)(C)CC2)n1. The average Bonchev–Trinajstić information content (AvgIpc) is 2.44. The topological polar surface area (TPSA) is 64.3 Å². The quantitative estimate of drug-likeness (QED) is 0.903. The van der Waals surface area contributed by atoms with Crippen LogP contribution in [-0.4, -0.2) is 29.7 Å². The van der Waals surface area contributed by atoms with Gasteiger partial charge < -0.3 is 15.4 Å². The highest BCUT2D eigenvalue weighted by atomic mass is 16.5. The van der Waals surface area contributed by atoms with Crippen LogP contribution >= 0.6 is 0 Å². The van der Waals surface area contributed by atoms with Crippen LogP contribution in [0.4, 0.5) is 11.6 Å². The highest BCUT2D eigenvalue weighted by Crippen LogP contribution is 2.37. The van der Waals surface area contributed by atoms with Crippen LogP contribution in [-0.2, 0) is 11.3 Å². The monoisotopic (exact) mass is 292 g/mol. The van der Waals surface area contributed by atoms with E-state index >= 15 is 0 Å². The van der Waals surface area contributed by atoms with Crippen molar-refractivity contribution in [3.8, 4) is 0 Å². The summed E-state index contributed by atoms with van der Waals surface area (Å²) in [6, 6.07) is 2.39. The molecular weight excluding hydrogens is 264 g/mol. The molecule has 0 aliphatic heterocycles. The maximum Gasteiger partial charge on any atom is 0.158 e. The fraction of sp³-hybridized carbons (Fsp3) is 0.750. The maximum atomic E-state index is 5.91. The molecule has 1 fully saturated rings. The van der Waals surface area contributed by atoms with Crippen LogP contribution in [0.1, 0.15) is 52.3 Å². The minimum Gasteiger partial charge on any atom is -0.384 e. The van der Waals surface area contributed by atoms with Crippen molar-refractivity contribution in [1.29, 1.82) is 0 Å². The molecule has 0 unspecified atom stereocenters. The van der Waals surface area contributed by atoms with Gasteiger partial charge in [0.15, 0.2) is 5.82 Å². The van der Waals surface area contributed by atoms with Crippen LogP contribution in [0.2, 0.25) is 0 Å². The maximum absolute atomic E-state index is 5.91. The van der Waals surface area contributed by atoms with Crippen molar-refractivity contribution in [1.82, 2.24) is 9.97 Å². The van der Waals surface area contributed by atoms with Crippen LogP contribution in [0.25, 0.3) is 0 Å². The Bertz CT molecular complexity index is 465. The number of rotatable bonds is 5. The van der Waals surface area contributed by atoms with Gasteiger partial charge in [0.2, 0.25) is 0 Å². The second-order valence-corrected chi connectivity index (χ2v) is 6.71. The minimum atomic E-state index is 0.417. The van der Waals surface area contributed by atoms with E-state index in [-0.39, 0.29) is 0 Å². The van der Waals surface area contributed by atoms with E-state index in [1.807, 2.05) is 13.0 Å². The largest absolute Gasteiger partial charge is 0.384 e. The molecule has 0 aromatic carbocycles. The molecule has 21 heavy (non-hydrogen) atoms. The average molecular weight is 292 g/mol. The van der Waals surface area contributed by atoms with Crippen molar-refractivity contribution in [2.24, 2.45) is 5.41 Å². The highest BCUT2D eigenvalue weighted by Gasteiger charge is 2.29. The predicted octanol–water partition coefficient (Wildman–Crippen LogP) is 3.00. The predicted molar refractivity (Wildman–Crippen MR) is 86.2 cm³/mol. The molecule has 0 bridgehead atoms. The first-order valence-electron chi connectivity index (χ1n) is 7.85. The van der Waals surface area contributed by atoms with Gasteiger partial charge in [0.25, 0.3) is 0 Å². The van der Waals surface area contributed by atoms with Crippen LogP contribution in [0.15, 0.2) is 6.07 Å². The number of nitrogen functional groups attached to an aromatic ring is 1. The molecule has 2 rings (SSSR count). The van der Waals surface area contributed by atoms with Crippen molar-refractivity contribution >= 4 is 11.6 Å². The van der Waals surface area contributed by atoms with Gasteiger partial charge in [-0.25, -0.2) is 9.97 Å². The molecule has 1 heterocycles. The summed E-state index contributed by atoms with van der Waals surface area (Å²) in [7, 11) is 2.11. The number of hydrogen-bond acceptors (Lipinski definition) is 5. The molecule has 0 radical (unpaired) electrons. The molecule has 5 nitrogen and oxygen atoms in total. The molecule has 1 aromatic rings. The van der Waals surface area contributed by atoms with E-state index < -0.39 is 0 Å². The van der Waals surface area contributed by atoms with Gasteiger partial charge in [0.1, 0.15) is 18.2 Å². The first-order valence-corrected chi connectivity index (χ1v) is 7.85. The summed E-state index contributed by atoms with van der Waals surface area (Å²) in [5, 5.41) is 0. The van der Waals surface area contributed by atoms with Gasteiger partial charge >= 0.3 is 0 Å². The molecule has 1 saturated carbocycles. The first-order chi connectivity index (χ1) is 9.91. The zero-order chi connectivity index (χ0) is 15.5. The van der Waals surface area contributed by atoms with Gasteiger partial charge in [-0.05, 0) is 38.0 Å². The molecule has 2 N–H and O–H groups in total. The number of nitrogens with zero attached hydrogens (tertiary/aromatic N) is 3. The van der Waals surface area contributed by atoms with E-state index in [0.29, 0.717) is 36.3 Å². The molecule has 0 amide bonds. The number of aromatic nitrogens is 2. The van der Waals surface area contributed by atoms with E-state index in [9.17, 15) is 0 Å². The smallest absolute Gasteiger partial charge is 0.158 e. The van der Waals surface area contributed by atoms with Gasteiger partial charge in [-0.2, -0.15) is 0 Å². The Kier molecular flexibility index (Phi) is 5.04. The molecule has 1 aliphatic rings. The number of anilines is 2.